The van der Waals surface area contributed by atoms with Gasteiger partial charge in [-0.15, -0.1) is 0 Å². The first-order valence-electron chi connectivity index (χ1n) is 5.74. The van der Waals surface area contributed by atoms with Crippen LogP contribution in [0.2, 0.25) is 0 Å². The number of esters is 1. The number of hydrogen-bond donors (Lipinski definition) is 0. The van der Waals surface area contributed by atoms with Crippen LogP contribution in [0, 0.1) is 10.1 Å². The molecule has 0 amide bonds. The number of benzene rings is 1. The molecule has 1 aromatic heterocycles. The maximum absolute atomic E-state index is 11.5. The Morgan fingerprint density at radius 3 is 2.75 bits per heavy atom. The summed E-state index contributed by atoms with van der Waals surface area (Å²) < 4.78 is 10.7. The lowest BCUT2D eigenvalue weighted by Gasteiger charge is -2.01. The first-order chi connectivity index (χ1) is 9.52. The summed E-state index contributed by atoms with van der Waals surface area (Å²) in [4.78, 5) is 21.7. The Labute approximate surface area is 122 Å². The molecule has 0 saturated carbocycles. The molecule has 0 radical (unpaired) electrons. The van der Waals surface area contributed by atoms with Gasteiger partial charge in [-0.2, -0.15) is 0 Å². The van der Waals surface area contributed by atoms with E-state index in [1.807, 2.05) is 0 Å². The van der Waals surface area contributed by atoms with Crippen LogP contribution in [0.3, 0.4) is 0 Å². The highest BCUT2D eigenvalue weighted by Crippen LogP contribution is 2.32. The molecule has 0 N–H and O–H groups in total. The number of ether oxygens (including phenoxy) is 1. The lowest BCUT2D eigenvalue weighted by atomic mass is 10.1. The Bertz CT molecular complexity index is 665. The van der Waals surface area contributed by atoms with E-state index in [1.54, 1.807) is 19.1 Å². The Morgan fingerprint density at radius 1 is 1.40 bits per heavy atom. The minimum atomic E-state index is -0.545. The molecule has 6 nitrogen and oxygen atoms in total. The molecular weight excluding hydrogens is 330 g/mol. The van der Waals surface area contributed by atoms with Crippen LogP contribution >= 0.6 is 15.9 Å². The van der Waals surface area contributed by atoms with Crippen LogP contribution in [0.5, 0.6) is 0 Å². The van der Waals surface area contributed by atoms with E-state index in [4.69, 9.17) is 9.15 Å². The number of rotatable bonds is 4. The largest absolute Gasteiger partial charge is 0.460 e. The van der Waals surface area contributed by atoms with Gasteiger partial charge < -0.3 is 9.15 Å². The minimum Gasteiger partial charge on any atom is -0.460 e. The Morgan fingerprint density at radius 2 is 2.15 bits per heavy atom. The average molecular weight is 340 g/mol. The third-order valence-electron chi connectivity index (χ3n) is 2.51. The summed E-state index contributed by atoms with van der Waals surface area (Å²) in [5.41, 5.74) is 0.587. The fraction of sp³-hybridized carbons (Fsp3) is 0.154. The first kappa shape index (κ1) is 14.3. The van der Waals surface area contributed by atoms with Gasteiger partial charge in [-0.1, -0.05) is 0 Å². The average Bonchev–Trinajstić information content (AvgIpc) is 2.88. The van der Waals surface area contributed by atoms with Gasteiger partial charge in [0.15, 0.2) is 0 Å². The van der Waals surface area contributed by atoms with Gasteiger partial charge in [0.05, 0.1) is 11.5 Å². The van der Waals surface area contributed by atoms with E-state index >= 15 is 0 Å². The molecule has 2 aromatic rings. The van der Waals surface area contributed by atoms with E-state index in [0.29, 0.717) is 15.8 Å². The van der Waals surface area contributed by atoms with Gasteiger partial charge >= 0.3 is 5.97 Å². The molecule has 0 fully saturated rings. The van der Waals surface area contributed by atoms with Crippen molar-refractivity contribution in [1.29, 1.82) is 0 Å². The number of hydrogen-bond acceptors (Lipinski definition) is 5. The van der Waals surface area contributed by atoms with E-state index in [-0.39, 0.29) is 18.1 Å². The lowest BCUT2D eigenvalue weighted by Crippen LogP contribution is -2.02. The Balaban J connectivity index is 2.33. The zero-order valence-electron chi connectivity index (χ0n) is 10.5. The Hall–Kier alpha value is -2.15. The van der Waals surface area contributed by atoms with Gasteiger partial charge in [0, 0.05) is 22.2 Å². The predicted octanol–water partition coefficient (Wildman–Crippen LogP) is 3.79. The van der Waals surface area contributed by atoms with Crippen molar-refractivity contribution in [2.24, 2.45) is 0 Å². The molecular formula is C13H10BrNO5. The summed E-state index contributed by atoms with van der Waals surface area (Å²) >= 11 is 3.25. The molecule has 0 unspecified atom stereocenters. The highest BCUT2D eigenvalue weighted by atomic mass is 79.9. The summed E-state index contributed by atoms with van der Waals surface area (Å²) in [7, 11) is 0. The summed E-state index contributed by atoms with van der Waals surface area (Å²) in [6, 6.07) is 7.41. The number of halogens is 1. The fourth-order valence-corrected chi connectivity index (χ4v) is 2.17. The van der Waals surface area contributed by atoms with E-state index in [9.17, 15) is 14.9 Å². The molecule has 0 spiro atoms. The van der Waals surface area contributed by atoms with E-state index in [2.05, 4.69) is 15.9 Å². The van der Waals surface area contributed by atoms with Crippen LogP contribution in [0.4, 0.5) is 5.69 Å². The van der Waals surface area contributed by atoms with Crippen LogP contribution < -0.4 is 0 Å². The van der Waals surface area contributed by atoms with Crippen LogP contribution in [0.25, 0.3) is 11.3 Å². The molecule has 0 saturated heterocycles. The highest BCUT2D eigenvalue weighted by molar-refractivity contribution is 9.10. The molecule has 1 aromatic carbocycles. The number of nitro benzene ring substituents is 1. The standard InChI is InChI=1S/C13H10BrNO5/c1-2-19-13(16)12-6-5-11(20-12)9-4-3-8(15(17)18)7-10(9)14/h3-7H,2H2,1H3. The quantitative estimate of drug-likeness (QED) is 0.480. The van der Waals surface area contributed by atoms with Crippen molar-refractivity contribution in [3.63, 3.8) is 0 Å². The second-order valence-electron chi connectivity index (χ2n) is 3.81. The molecule has 0 aliphatic carbocycles. The van der Waals surface area contributed by atoms with Gasteiger partial charge in [0.25, 0.3) is 5.69 Å². The second kappa shape index (κ2) is 5.87. The van der Waals surface area contributed by atoms with Gasteiger partial charge in [-0.3, -0.25) is 10.1 Å². The number of nitro groups is 1. The molecule has 104 valence electrons. The number of non-ortho nitro benzene ring substituents is 1. The molecule has 1 heterocycles. The normalized spacial score (nSPS) is 10.3. The van der Waals surface area contributed by atoms with Gasteiger partial charge in [-0.05, 0) is 41.1 Å². The van der Waals surface area contributed by atoms with Crippen LogP contribution in [-0.4, -0.2) is 17.5 Å². The zero-order valence-corrected chi connectivity index (χ0v) is 12.0. The third kappa shape index (κ3) is 2.88. The molecule has 2 rings (SSSR count). The van der Waals surface area contributed by atoms with Crippen molar-refractivity contribution in [3.05, 3.63) is 50.7 Å². The fourth-order valence-electron chi connectivity index (χ4n) is 1.61. The summed E-state index contributed by atoms with van der Waals surface area (Å²) in [5, 5.41) is 10.7. The highest BCUT2D eigenvalue weighted by Gasteiger charge is 2.16. The molecule has 7 heteroatoms. The van der Waals surface area contributed by atoms with Crippen molar-refractivity contribution in [2.45, 2.75) is 6.92 Å². The Kier molecular flexibility index (Phi) is 4.19. The topological polar surface area (TPSA) is 82.6 Å². The number of furan rings is 1. The summed E-state index contributed by atoms with van der Waals surface area (Å²) in [5.74, 6) is -0.0290. The van der Waals surface area contributed by atoms with Crippen molar-refractivity contribution in [3.8, 4) is 11.3 Å². The van der Waals surface area contributed by atoms with Gasteiger partial charge in [0.2, 0.25) is 5.76 Å². The zero-order chi connectivity index (χ0) is 14.7. The first-order valence-corrected chi connectivity index (χ1v) is 6.53. The predicted molar refractivity (Wildman–Crippen MR) is 74.5 cm³/mol. The van der Waals surface area contributed by atoms with E-state index in [1.165, 1.54) is 18.2 Å². The molecule has 0 aliphatic heterocycles. The molecule has 0 aliphatic rings. The third-order valence-corrected chi connectivity index (χ3v) is 3.17. The number of carbonyl (C=O) groups is 1. The van der Waals surface area contributed by atoms with Crippen molar-refractivity contribution < 1.29 is 18.9 Å². The smallest absolute Gasteiger partial charge is 0.374 e. The second-order valence-corrected chi connectivity index (χ2v) is 4.66. The van der Waals surface area contributed by atoms with E-state index < -0.39 is 10.9 Å². The number of carbonyl (C=O) groups excluding carboxylic acids is 1. The SMILES string of the molecule is CCOC(=O)c1ccc(-c2ccc([N+](=O)[O-])cc2Br)o1. The van der Waals surface area contributed by atoms with E-state index in [0.717, 1.165) is 0 Å². The lowest BCUT2D eigenvalue weighted by molar-refractivity contribution is -0.384. The number of nitrogens with zero attached hydrogens (tertiary/aromatic N) is 1. The van der Waals surface area contributed by atoms with Gasteiger partial charge in [-0.25, -0.2) is 4.79 Å². The maximum atomic E-state index is 11.5. The van der Waals surface area contributed by atoms with Crippen molar-refractivity contribution >= 4 is 27.6 Å². The van der Waals surface area contributed by atoms with Crippen molar-refractivity contribution in [1.82, 2.24) is 0 Å². The molecule has 0 atom stereocenters. The summed E-state index contributed by atoms with van der Waals surface area (Å²) in [6.45, 7) is 1.96. The summed E-state index contributed by atoms with van der Waals surface area (Å²) in [6.07, 6.45) is 0. The van der Waals surface area contributed by atoms with Crippen LogP contribution in [0.15, 0.2) is 39.2 Å². The van der Waals surface area contributed by atoms with Crippen LogP contribution in [0.1, 0.15) is 17.5 Å². The molecule has 20 heavy (non-hydrogen) atoms. The maximum Gasteiger partial charge on any atom is 0.374 e. The monoisotopic (exact) mass is 339 g/mol. The van der Waals surface area contributed by atoms with Gasteiger partial charge in [0.1, 0.15) is 5.76 Å². The van der Waals surface area contributed by atoms with Crippen LogP contribution in [-0.2, 0) is 4.74 Å². The minimum absolute atomic E-state index is 0.0298. The molecule has 0 bridgehead atoms. The van der Waals surface area contributed by atoms with Crippen molar-refractivity contribution in [2.75, 3.05) is 6.61 Å².